The van der Waals surface area contributed by atoms with Crippen molar-refractivity contribution in [2.75, 3.05) is 26.6 Å². The second kappa shape index (κ2) is 7.70. The van der Waals surface area contributed by atoms with Gasteiger partial charge in [-0.3, -0.25) is 4.79 Å². The number of carbonyl (C=O) groups is 1. The molecule has 1 atom stereocenters. The van der Waals surface area contributed by atoms with Gasteiger partial charge in [0, 0.05) is 17.3 Å². The van der Waals surface area contributed by atoms with Crippen molar-refractivity contribution in [1.29, 1.82) is 0 Å². The summed E-state index contributed by atoms with van der Waals surface area (Å²) in [4.78, 5) is 12.5. The van der Waals surface area contributed by atoms with E-state index in [-0.39, 0.29) is 11.9 Å². The number of methoxy groups -OCH3 is 3. The first-order valence-electron chi connectivity index (χ1n) is 7.47. The molecule has 6 nitrogen and oxygen atoms in total. The summed E-state index contributed by atoms with van der Waals surface area (Å²) in [5, 5.41) is 2.83. The number of anilines is 1. The lowest BCUT2D eigenvalue weighted by atomic mass is 10.1. The molecule has 1 amide bonds. The van der Waals surface area contributed by atoms with Gasteiger partial charge < -0.3 is 25.3 Å². The minimum absolute atomic E-state index is 0.0511. The molecule has 2 aromatic rings. The maximum Gasteiger partial charge on any atom is 0.255 e. The van der Waals surface area contributed by atoms with Crippen LogP contribution in [0.3, 0.4) is 0 Å². The molecule has 0 saturated carbocycles. The lowest BCUT2D eigenvalue weighted by molar-refractivity contribution is 0.102. The van der Waals surface area contributed by atoms with Crippen LogP contribution in [0.5, 0.6) is 17.2 Å². The van der Waals surface area contributed by atoms with Gasteiger partial charge in [0.2, 0.25) is 5.75 Å². The summed E-state index contributed by atoms with van der Waals surface area (Å²) in [6.45, 7) is 1.91. The maximum absolute atomic E-state index is 12.5. The van der Waals surface area contributed by atoms with E-state index in [0.29, 0.717) is 28.5 Å². The molecule has 0 aliphatic carbocycles. The highest BCUT2D eigenvalue weighted by Crippen LogP contribution is 2.38. The molecule has 0 radical (unpaired) electrons. The van der Waals surface area contributed by atoms with Gasteiger partial charge in [0.25, 0.3) is 5.91 Å². The van der Waals surface area contributed by atoms with Crippen molar-refractivity contribution in [2.24, 2.45) is 5.73 Å². The van der Waals surface area contributed by atoms with E-state index < -0.39 is 0 Å². The van der Waals surface area contributed by atoms with Gasteiger partial charge >= 0.3 is 0 Å². The van der Waals surface area contributed by atoms with E-state index in [4.69, 9.17) is 19.9 Å². The number of nitrogens with two attached hydrogens (primary N) is 1. The lowest BCUT2D eigenvalue weighted by Crippen LogP contribution is -2.13. The van der Waals surface area contributed by atoms with Gasteiger partial charge in [-0.1, -0.05) is 12.1 Å². The van der Waals surface area contributed by atoms with E-state index in [1.54, 1.807) is 12.1 Å². The van der Waals surface area contributed by atoms with Crippen LogP contribution in [0.15, 0.2) is 36.4 Å². The van der Waals surface area contributed by atoms with Crippen LogP contribution in [0.25, 0.3) is 0 Å². The molecule has 128 valence electrons. The monoisotopic (exact) mass is 330 g/mol. The van der Waals surface area contributed by atoms with Gasteiger partial charge in [0.1, 0.15) is 0 Å². The highest BCUT2D eigenvalue weighted by Gasteiger charge is 2.17. The van der Waals surface area contributed by atoms with Crippen LogP contribution in [0.2, 0.25) is 0 Å². The van der Waals surface area contributed by atoms with Gasteiger partial charge in [-0.15, -0.1) is 0 Å². The molecule has 6 heteroatoms. The summed E-state index contributed by atoms with van der Waals surface area (Å²) in [5.41, 5.74) is 7.90. The first-order valence-corrected chi connectivity index (χ1v) is 7.47. The van der Waals surface area contributed by atoms with Crippen molar-refractivity contribution in [3.8, 4) is 17.2 Å². The number of ether oxygens (including phenoxy) is 3. The van der Waals surface area contributed by atoms with Crippen LogP contribution in [0, 0.1) is 0 Å². The Morgan fingerprint density at radius 3 is 1.96 bits per heavy atom. The van der Waals surface area contributed by atoms with Gasteiger partial charge in [-0.2, -0.15) is 0 Å². The molecule has 0 aliphatic heterocycles. The minimum Gasteiger partial charge on any atom is -0.493 e. The normalized spacial score (nSPS) is 11.5. The van der Waals surface area contributed by atoms with E-state index in [0.717, 1.165) is 5.56 Å². The lowest BCUT2D eigenvalue weighted by Gasteiger charge is -2.14. The number of nitrogens with one attached hydrogen (secondary N) is 1. The standard InChI is InChI=1S/C18H22N2O4/c1-11(19)12-5-7-14(8-6-12)20-18(21)13-9-15(22-2)17(24-4)16(10-13)23-3/h5-11H,19H2,1-4H3,(H,20,21). The molecular formula is C18H22N2O4. The molecule has 2 rings (SSSR count). The third-order valence-corrected chi connectivity index (χ3v) is 3.62. The topological polar surface area (TPSA) is 82.8 Å². The Labute approximate surface area is 141 Å². The van der Waals surface area contributed by atoms with Crippen LogP contribution < -0.4 is 25.3 Å². The Balaban J connectivity index is 2.26. The second-order valence-electron chi connectivity index (χ2n) is 5.28. The van der Waals surface area contributed by atoms with Crippen molar-refractivity contribution in [3.63, 3.8) is 0 Å². The Kier molecular flexibility index (Phi) is 5.65. The van der Waals surface area contributed by atoms with Crippen LogP contribution in [-0.4, -0.2) is 27.2 Å². The Morgan fingerprint density at radius 1 is 1.00 bits per heavy atom. The van der Waals surface area contributed by atoms with Crippen molar-refractivity contribution in [2.45, 2.75) is 13.0 Å². The predicted molar refractivity (Wildman–Crippen MR) is 93.1 cm³/mol. The average molecular weight is 330 g/mol. The summed E-state index contributed by atoms with van der Waals surface area (Å²) in [6, 6.07) is 10.6. The largest absolute Gasteiger partial charge is 0.493 e. The molecule has 0 aromatic heterocycles. The third-order valence-electron chi connectivity index (χ3n) is 3.62. The summed E-state index contributed by atoms with van der Waals surface area (Å²) in [6.07, 6.45) is 0. The molecule has 2 aromatic carbocycles. The van der Waals surface area contributed by atoms with Gasteiger partial charge in [0.05, 0.1) is 21.3 Å². The molecule has 0 spiro atoms. The molecule has 0 bridgehead atoms. The Hall–Kier alpha value is -2.73. The Bertz CT molecular complexity index is 686. The zero-order valence-electron chi connectivity index (χ0n) is 14.3. The fraction of sp³-hybridized carbons (Fsp3) is 0.278. The van der Waals surface area contributed by atoms with E-state index in [1.807, 2.05) is 31.2 Å². The molecule has 1 unspecified atom stereocenters. The predicted octanol–water partition coefficient (Wildman–Crippen LogP) is 2.98. The van der Waals surface area contributed by atoms with E-state index in [9.17, 15) is 4.79 Å². The van der Waals surface area contributed by atoms with Crippen molar-refractivity contribution in [1.82, 2.24) is 0 Å². The number of hydrogen-bond acceptors (Lipinski definition) is 5. The third kappa shape index (κ3) is 3.78. The molecule has 0 saturated heterocycles. The van der Waals surface area contributed by atoms with Crippen molar-refractivity contribution >= 4 is 11.6 Å². The van der Waals surface area contributed by atoms with Crippen LogP contribution in [-0.2, 0) is 0 Å². The van der Waals surface area contributed by atoms with Crippen molar-refractivity contribution < 1.29 is 19.0 Å². The van der Waals surface area contributed by atoms with Crippen LogP contribution in [0.4, 0.5) is 5.69 Å². The van der Waals surface area contributed by atoms with Crippen LogP contribution >= 0.6 is 0 Å². The zero-order chi connectivity index (χ0) is 17.7. The SMILES string of the molecule is COc1cc(C(=O)Nc2ccc(C(C)N)cc2)cc(OC)c1OC. The Morgan fingerprint density at radius 2 is 1.54 bits per heavy atom. The van der Waals surface area contributed by atoms with Gasteiger partial charge in [0.15, 0.2) is 11.5 Å². The highest BCUT2D eigenvalue weighted by atomic mass is 16.5. The van der Waals surface area contributed by atoms with Gasteiger partial charge in [-0.05, 0) is 36.8 Å². The molecule has 3 N–H and O–H groups in total. The first kappa shape index (κ1) is 17.6. The fourth-order valence-electron chi connectivity index (χ4n) is 2.29. The molecular weight excluding hydrogens is 308 g/mol. The average Bonchev–Trinajstić information content (AvgIpc) is 2.60. The maximum atomic E-state index is 12.5. The molecule has 24 heavy (non-hydrogen) atoms. The minimum atomic E-state index is -0.275. The summed E-state index contributed by atoms with van der Waals surface area (Å²) in [5.74, 6) is 1.02. The number of amides is 1. The van der Waals surface area contributed by atoms with E-state index >= 15 is 0 Å². The quantitative estimate of drug-likeness (QED) is 0.851. The van der Waals surface area contributed by atoms with E-state index in [2.05, 4.69) is 5.32 Å². The molecule has 0 aliphatic rings. The van der Waals surface area contributed by atoms with E-state index in [1.165, 1.54) is 21.3 Å². The first-order chi connectivity index (χ1) is 11.5. The van der Waals surface area contributed by atoms with Gasteiger partial charge in [-0.25, -0.2) is 0 Å². The number of rotatable bonds is 6. The summed E-state index contributed by atoms with van der Waals surface area (Å²) < 4.78 is 15.8. The highest BCUT2D eigenvalue weighted by molar-refractivity contribution is 6.05. The number of benzene rings is 2. The zero-order valence-corrected chi connectivity index (χ0v) is 14.3. The molecule has 0 fully saturated rings. The second-order valence-corrected chi connectivity index (χ2v) is 5.28. The fourth-order valence-corrected chi connectivity index (χ4v) is 2.29. The van der Waals surface area contributed by atoms with Crippen molar-refractivity contribution in [3.05, 3.63) is 47.5 Å². The number of carbonyl (C=O) groups excluding carboxylic acids is 1. The smallest absolute Gasteiger partial charge is 0.255 e. The number of hydrogen-bond donors (Lipinski definition) is 2. The van der Waals surface area contributed by atoms with Crippen LogP contribution in [0.1, 0.15) is 28.9 Å². The summed E-state index contributed by atoms with van der Waals surface area (Å²) in [7, 11) is 4.53. The summed E-state index contributed by atoms with van der Waals surface area (Å²) >= 11 is 0. The molecule has 0 heterocycles.